The molecule has 0 aromatic heterocycles. The molecule has 0 bridgehead atoms. The smallest absolute Gasteiger partial charge is 0.406 e. The van der Waals surface area contributed by atoms with Gasteiger partial charge in [0.05, 0.1) is 0 Å². The minimum atomic E-state index is -4.61. The monoisotopic (exact) mass is 236 g/mol. The molecule has 0 heterocycles. The van der Waals surface area contributed by atoms with Crippen LogP contribution in [-0.4, -0.2) is 6.36 Å². The summed E-state index contributed by atoms with van der Waals surface area (Å²) in [5, 5.41) is 0. The summed E-state index contributed by atoms with van der Waals surface area (Å²) in [5.41, 5.74) is 0.467. The van der Waals surface area contributed by atoms with Crippen LogP contribution < -0.4 is 4.74 Å². The van der Waals surface area contributed by atoms with Gasteiger partial charge in [0.15, 0.2) is 0 Å². The Kier molecular flexibility index (Phi) is 9.75. The summed E-state index contributed by atoms with van der Waals surface area (Å²) in [6.45, 7) is 9.56. The Hall–Kier alpha value is -1.19. The molecule has 4 heteroatoms. The Morgan fingerprint density at radius 2 is 1.38 bits per heavy atom. The van der Waals surface area contributed by atoms with Crippen LogP contribution in [0.4, 0.5) is 13.2 Å². The van der Waals surface area contributed by atoms with E-state index in [0.29, 0.717) is 5.56 Å². The summed E-state index contributed by atoms with van der Waals surface area (Å²) in [5.74, 6) is -0.148. The van der Waals surface area contributed by atoms with Crippen LogP contribution in [0.2, 0.25) is 0 Å². The molecule has 1 nitrogen and oxygen atoms in total. The van der Waals surface area contributed by atoms with Crippen molar-refractivity contribution < 1.29 is 17.9 Å². The van der Waals surface area contributed by atoms with Gasteiger partial charge in [-0.3, -0.25) is 0 Å². The lowest BCUT2D eigenvalue weighted by atomic mass is 10.2. The normalized spacial score (nSPS) is 9.25. The van der Waals surface area contributed by atoms with Gasteiger partial charge in [-0.1, -0.05) is 45.9 Å². The van der Waals surface area contributed by atoms with Gasteiger partial charge < -0.3 is 4.74 Å². The van der Waals surface area contributed by atoms with Crippen LogP contribution in [0.1, 0.15) is 33.3 Å². The van der Waals surface area contributed by atoms with Gasteiger partial charge in [0.25, 0.3) is 0 Å². The zero-order valence-corrected chi connectivity index (χ0v) is 10.4. The molecule has 0 saturated carbocycles. The van der Waals surface area contributed by atoms with E-state index in [2.05, 4.69) is 4.74 Å². The highest BCUT2D eigenvalue weighted by Gasteiger charge is 2.31. The van der Waals surface area contributed by atoms with Crippen molar-refractivity contribution >= 4 is 0 Å². The van der Waals surface area contributed by atoms with E-state index in [1.54, 1.807) is 19.1 Å². The van der Waals surface area contributed by atoms with Crippen molar-refractivity contribution in [2.75, 3.05) is 0 Å². The number of aryl methyl sites for hydroxylation is 1. The number of hydrogen-bond acceptors (Lipinski definition) is 1. The Labute approximate surface area is 95.2 Å². The summed E-state index contributed by atoms with van der Waals surface area (Å²) in [7, 11) is 0. The third kappa shape index (κ3) is 8.15. The highest BCUT2D eigenvalue weighted by molar-refractivity contribution is 5.31. The number of rotatable bonds is 1. The van der Waals surface area contributed by atoms with E-state index >= 15 is 0 Å². The van der Waals surface area contributed by atoms with Crippen molar-refractivity contribution in [1.29, 1.82) is 0 Å². The number of alkyl halides is 3. The van der Waals surface area contributed by atoms with E-state index < -0.39 is 6.36 Å². The molecule has 1 aromatic carbocycles. The van der Waals surface area contributed by atoms with Crippen LogP contribution in [-0.2, 0) is 0 Å². The summed E-state index contributed by atoms with van der Waals surface area (Å²) in [6.07, 6.45) is -4.61. The highest BCUT2D eigenvalue weighted by atomic mass is 19.4. The van der Waals surface area contributed by atoms with Crippen molar-refractivity contribution in [3.63, 3.8) is 0 Å². The van der Waals surface area contributed by atoms with Crippen LogP contribution in [0, 0.1) is 6.92 Å². The molecule has 0 aliphatic heterocycles. The molecule has 0 fully saturated rings. The molecule has 0 unspecified atom stereocenters. The van der Waals surface area contributed by atoms with Crippen molar-refractivity contribution in [3.05, 3.63) is 29.8 Å². The summed E-state index contributed by atoms with van der Waals surface area (Å²) >= 11 is 0. The molecule has 0 saturated heterocycles. The Morgan fingerprint density at radius 3 is 1.75 bits per heavy atom. The van der Waals surface area contributed by atoms with Crippen LogP contribution in [0.5, 0.6) is 5.75 Å². The molecular formula is C12H19F3O. The van der Waals surface area contributed by atoms with Crippen LogP contribution in [0.3, 0.4) is 0 Å². The molecule has 0 atom stereocenters. The summed E-state index contributed by atoms with van der Waals surface area (Å²) < 4.78 is 38.8. The standard InChI is InChI=1S/C8H7F3O.2C2H6/c1-6-4-2-3-5-7(6)12-8(9,10)11;2*1-2/h2-5H,1H3;2*1-2H3. The van der Waals surface area contributed by atoms with Gasteiger partial charge in [0.2, 0.25) is 0 Å². The van der Waals surface area contributed by atoms with Crippen LogP contribution in [0.25, 0.3) is 0 Å². The average molecular weight is 236 g/mol. The first-order valence-corrected chi connectivity index (χ1v) is 5.30. The number of benzene rings is 1. The lowest BCUT2D eigenvalue weighted by molar-refractivity contribution is -0.274. The average Bonchev–Trinajstić information content (AvgIpc) is 2.26. The number of ether oxygens (including phenoxy) is 1. The van der Waals surface area contributed by atoms with Crippen molar-refractivity contribution in [1.82, 2.24) is 0 Å². The molecule has 1 aromatic rings. The zero-order chi connectivity index (χ0) is 13.2. The molecule has 0 N–H and O–H groups in total. The second-order valence-corrected chi connectivity index (χ2v) is 2.31. The van der Waals surface area contributed by atoms with Gasteiger partial charge in [-0.05, 0) is 18.6 Å². The molecule has 0 amide bonds. The summed E-state index contributed by atoms with van der Waals surface area (Å²) in [6, 6.07) is 5.98. The van der Waals surface area contributed by atoms with Crippen LogP contribution >= 0.6 is 0 Å². The predicted molar refractivity (Wildman–Crippen MR) is 60.6 cm³/mol. The minimum Gasteiger partial charge on any atom is -0.406 e. The van der Waals surface area contributed by atoms with E-state index in [0.717, 1.165) is 0 Å². The first-order valence-electron chi connectivity index (χ1n) is 5.30. The minimum absolute atomic E-state index is 0.148. The van der Waals surface area contributed by atoms with Gasteiger partial charge in [0.1, 0.15) is 5.75 Å². The number of para-hydroxylation sites is 1. The molecule has 0 aliphatic carbocycles. The van der Waals surface area contributed by atoms with E-state index in [1.165, 1.54) is 12.1 Å². The topological polar surface area (TPSA) is 9.23 Å². The first-order chi connectivity index (χ1) is 7.49. The fourth-order valence-electron chi connectivity index (χ4n) is 0.796. The van der Waals surface area contributed by atoms with Crippen molar-refractivity contribution in [2.45, 2.75) is 41.0 Å². The zero-order valence-electron chi connectivity index (χ0n) is 10.4. The van der Waals surface area contributed by atoms with E-state index in [1.807, 2.05) is 27.7 Å². The van der Waals surface area contributed by atoms with E-state index in [9.17, 15) is 13.2 Å². The molecule has 0 spiro atoms. The fraction of sp³-hybridized carbons (Fsp3) is 0.500. The Morgan fingerprint density at radius 1 is 0.938 bits per heavy atom. The molecule has 0 aliphatic rings. The van der Waals surface area contributed by atoms with Gasteiger partial charge >= 0.3 is 6.36 Å². The van der Waals surface area contributed by atoms with E-state index in [4.69, 9.17) is 0 Å². The second-order valence-electron chi connectivity index (χ2n) is 2.31. The highest BCUT2D eigenvalue weighted by Crippen LogP contribution is 2.25. The largest absolute Gasteiger partial charge is 0.573 e. The van der Waals surface area contributed by atoms with Crippen molar-refractivity contribution in [2.24, 2.45) is 0 Å². The lowest BCUT2D eigenvalue weighted by Gasteiger charge is -2.10. The van der Waals surface area contributed by atoms with Gasteiger partial charge in [-0.2, -0.15) is 0 Å². The lowest BCUT2D eigenvalue weighted by Crippen LogP contribution is -2.17. The number of halogens is 3. The summed E-state index contributed by atoms with van der Waals surface area (Å²) in [4.78, 5) is 0. The SMILES string of the molecule is CC.CC.Cc1ccccc1OC(F)(F)F. The fourth-order valence-corrected chi connectivity index (χ4v) is 0.796. The van der Waals surface area contributed by atoms with Gasteiger partial charge in [-0.25, -0.2) is 0 Å². The second kappa shape index (κ2) is 9.07. The molecule has 94 valence electrons. The van der Waals surface area contributed by atoms with Crippen LogP contribution in [0.15, 0.2) is 24.3 Å². The molecule has 1 rings (SSSR count). The number of hydrogen-bond donors (Lipinski definition) is 0. The maximum Gasteiger partial charge on any atom is 0.573 e. The molecular weight excluding hydrogens is 217 g/mol. The van der Waals surface area contributed by atoms with Gasteiger partial charge in [0, 0.05) is 0 Å². The Bertz CT molecular complexity index is 269. The van der Waals surface area contributed by atoms with Crippen molar-refractivity contribution in [3.8, 4) is 5.75 Å². The van der Waals surface area contributed by atoms with E-state index in [-0.39, 0.29) is 5.75 Å². The predicted octanol–water partition coefficient (Wildman–Crippen LogP) is 4.95. The Balaban J connectivity index is 0. The third-order valence-electron chi connectivity index (χ3n) is 1.32. The first kappa shape index (κ1) is 17.2. The van der Waals surface area contributed by atoms with Gasteiger partial charge in [-0.15, -0.1) is 13.2 Å². The maximum absolute atomic E-state index is 11.7. The molecule has 0 radical (unpaired) electrons. The third-order valence-corrected chi connectivity index (χ3v) is 1.32. The quantitative estimate of drug-likeness (QED) is 0.670. The maximum atomic E-state index is 11.7. The molecule has 16 heavy (non-hydrogen) atoms.